The van der Waals surface area contributed by atoms with Gasteiger partial charge in [-0.1, -0.05) is 6.07 Å². The van der Waals surface area contributed by atoms with Crippen molar-refractivity contribution in [3.8, 4) is 0 Å². The molecule has 0 bridgehead atoms. The van der Waals surface area contributed by atoms with E-state index in [9.17, 15) is 9.59 Å². The van der Waals surface area contributed by atoms with Crippen molar-refractivity contribution in [1.82, 2.24) is 4.98 Å². The quantitative estimate of drug-likeness (QED) is 0.781. The van der Waals surface area contributed by atoms with Gasteiger partial charge in [0.05, 0.1) is 23.1 Å². The van der Waals surface area contributed by atoms with E-state index in [0.717, 1.165) is 0 Å². The van der Waals surface area contributed by atoms with Crippen LogP contribution in [0.3, 0.4) is 0 Å². The van der Waals surface area contributed by atoms with Gasteiger partial charge in [0.15, 0.2) is 0 Å². The first kappa shape index (κ1) is 13.5. The summed E-state index contributed by atoms with van der Waals surface area (Å²) in [5.74, 6) is -0.896. The number of aryl methyl sites for hydroxylation is 1. The Bertz CT molecular complexity index is 683. The molecule has 0 saturated heterocycles. The Kier molecular flexibility index (Phi) is 3.65. The number of aromatic nitrogens is 1. The molecule has 0 aliphatic carbocycles. The summed E-state index contributed by atoms with van der Waals surface area (Å²) in [5, 5.41) is 2.68. The van der Waals surface area contributed by atoms with Crippen LogP contribution in [-0.2, 0) is 0 Å². The number of anilines is 2. The van der Waals surface area contributed by atoms with Crippen molar-refractivity contribution >= 4 is 23.2 Å². The fourth-order valence-corrected chi connectivity index (χ4v) is 1.73. The number of hydrogen-bond donors (Lipinski definition) is 3. The predicted octanol–water partition coefficient (Wildman–Crippen LogP) is 1.32. The number of nitrogens with zero attached hydrogens (tertiary/aromatic N) is 1. The van der Waals surface area contributed by atoms with E-state index in [-0.39, 0.29) is 5.91 Å². The standard InChI is InChI=1S/C14H14N4O2/c1-8-12(6-10(15)7-17-8)14(20)18-11-4-2-3-9(5-11)13(16)19/h2-7H,15H2,1H3,(H2,16,19)(H,18,20). The van der Waals surface area contributed by atoms with Gasteiger partial charge in [0.1, 0.15) is 0 Å². The Balaban J connectivity index is 2.25. The number of primary amides is 1. The fraction of sp³-hybridized carbons (Fsp3) is 0.0714. The Hall–Kier alpha value is -2.89. The van der Waals surface area contributed by atoms with E-state index in [0.29, 0.717) is 28.2 Å². The highest BCUT2D eigenvalue weighted by molar-refractivity contribution is 6.06. The van der Waals surface area contributed by atoms with Crippen LogP contribution >= 0.6 is 0 Å². The smallest absolute Gasteiger partial charge is 0.257 e. The van der Waals surface area contributed by atoms with Crippen LogP contribution in [0.5, 0.6) is 0 Å². The molecule has 0 radical (unpaired) electrons. The monoisotopic (exact) mass is 270 g/mol. The normalized spacial score (nSPS) is 10.1. The second-order valence-electron chi connectivity index (χ2n) is 4.30. The number of nitrogens with two attached hydrogens (primary N) is 2. The van der Waals surface area contributed by atoms with Crippen molar-refractivity contribution in [3.63, 3.8) is 0 Å². The lowest BCUT2D eigenvalue weighted by atomic mass is 10.1. The summed E-state index contributed by atoms with van der Waals surface area (Å²) in [6.45, 7) is 1.72. The maximum atomic E-state index is 12.1. The first-order chi connectivity index (χ1) is 9.47. The minimum atomic E-state index is -0.553. The van der Waals surface area contributed by atoms with Gasteiger partial charge in [-0.15, -0.1) is 0 Å². The maximum Gasteiger partial charge on any atom is 0.257 e. The topological polar surface area (TPSA) is 111 Å². The van der Waals surface area contributed by atoms with Crippen LogP contribution in [0.15, 0.2) is 36.5 Å². The average Bonchev–Trinajstić information content (AvgIpc) is 2.41. The molecule has 0 aliphatic heterocycles. The number of amides is 2. The van der Waals surface area contributed by atoms with Gasteiger partial charge in [0.2, 0.25) is 5.91 Å². The summed E-state index contributed by atoms with van der Waals surface area (Å²) in [7, 11) is 0. The molecule has 102 valence electrons. The summed E-state index contributed by atoms with van der Waals surface area (Å²) < 4.78 is 0. The number of pyridine rings is 1. The largest absolute Gasteiger partial charge is 0.397 e. The lowest BCUT2D eigenvalue weighted by Gasteiger charge is -2.08. The molecule has 20 heavy (non-hydrogen) atoms. The van der Waals surface area contributed by atoms with Crippen molar-refractivity contribution in [1.29, 1.82) is 0 Å². The predicted molar refractivity (Wildman–Crippen MR) is 76.3 cm³/mol. The van der Waals surface area contributed by atoms with Crippen LogP contribution in [0.25, 0.3) is 0 Å². The number of nitrogens with one attached hydrogen (secondary N) is 1. The van der Waals surface area contributed by atoms with Crippen LogP contribution in [0.4, 0.5) is 11.4 Å². The number of hydrogen-bond acceptors (Lipinski definition) is 4. The minimum Gasteiger partial charge on any atom is -0.397 e. The highest BCUT2D eigenvalue weighted by Gasteiger charge is 2.11. The summed E-state index contributed by atoms with van der Waals surface area (Å²) >= 11 is 0. The fourth-order valence-electron chi connectivity index (χ4n) is 1.73. The second-order valence-corrected chi connectivity index (χ2v) is 4.30. The van der Waals surface area contributed by atoms with E-state index in [4.69, 9.17) is 11.5 Å². The second kappa shape index (κ2) is 5.40. The Morgan fingerprint density at radius 1 is 1.25 bits per heavy atom. The number of nitrogen functional groups attached to an aromatic ring is 1. The summed E-state index contributed by atoms with van der Waals surface area (Å²) in [6.07, 6.45) is 1.49. The van der Waals surface area contributed by atoms with Crippen LogP contribution in [0, 0.1) is 6.92 Å². The molecule has 0 atom stereocenters. The molecule has 0 aliphatic rings. The molecule has 1 heterocycles. The Morgan fingerprint density at radius 3 is 2.70 bits per heavy atom. The average molecular weight is 270 g/mol. The van der Waals surface area contributed by atoms with Gasteiger partial charge in [0, 0.05) is 11.3 Å². The van der Waals surface area contributed by atoms with Crippen LogP contribution in [0.1, 0.15) is 26.4 Å². The molecule has 1 aromatic heterocycles. The van der Waals surface area contributed by atoms with E-state index in [2.05, 4.69) is 10.3 Å². The molecule has 0 saturated carbocycles. The molecule has 2 amide bonds. The van der Waals surface area contributed by atoms with Crippen LogP contribution in [-0.4, -0.2) is 16.8 Å². The first-order valence-electron chi connectivity index (χ1n) is 5.90. The van der Waals surface area contributed by atoms with Gasteiger partial charge in [-0.05, 0) is 31.2 Å². The molecular weight excluding hydrogens is 256 g/mol. The van der Waals surface area contributed by atoms with Gasteiger partial charge in [-0.2, -0.15) is 0 Å². The van der Waals surface area contributed by atoms with Gasteiger partial charge >= 0.3 is 0 Å². The van der Waals surface area contributed by atoms with Gasteiger partial charge in [-0.25, -0.2) is 0 Å². The lowest BCUT2D eigenvalue weighted by molar-refractivity contribution is 0.0996. The molecule has 5 N–H and O–H groups in total. The zero-order valence-electron chi connectivity index (χ0n) is 10.9. The van der Waals surface area contributed by atoms with Crippen molar-refractivity contribution in [2.45, 2.75) is 6.92 Å². The SMILES string of the molecule is Cc1ncc(N)cc1C(=O)Nc1cccc(C(N)=O)c1. The zero-order valence-corrected chi connectivity index (χ0v) is 10.9. The molecule has 0 unspecified atom stereocenters. The van der Waals surface area contributed by atoms with E-state index >= 15 is 0 Å². The summed E-state index contributed by atoms with van der Waals surface area (Å²) in [6, 6.07) is 7.94. The van der Waals surface area contributed by atoms with Crippen molar-refractivity contribution in [2.24, 2.45) is 5.73 Å². The number of carbonyl (C=O) groups is 2. The number of benzene rings is 1. The van der Waals surface area contributed by atoms with Gasteiger partial charge in [-0.3, -0.25) is 14.6 Å². The molecule has 6 heteroatoms. The number of carbonyl (C=O) groups excluding carboxylic acids is 2. The summed E-state index contributed by atoms with van der Waals surface area (Å²) in [5.41, 5.74) is 13.0. The summed E-state index contributed by atoms with van der Waals surface area (Å²) in [4.78, 5) is 27.3. The van der Waals surface area contributed by atoms with E-state index in [1.807, 2.05) is 0 Å². The van der Waals surface area contributed by atoms with Crippen LogP contribution in [0.2, 0.25) is 0 Å². The lowest BCUT2D eigenvalue weighted by Crippen LogP contribution is -2.16. The molecule has 0 spiro atoms. The maximum absolute atomic E-state index is 12.1. The van der Waals surface area contributed by atoms with Crippen molar-refractivity contribution in [2.75, 3.05) is 11.1 Å². The first-order valence-corrected chi connectivity index (χ1v) is 5.90. The third-order valence-corrected chi connectivity index (χ3v) is 2.76. The van der Waals surface area contributed by atoms with Gasteiger partial charge < -0.3 is 16.8 Å². The molecular formula is C14H14N4O2. The van der Waals surface area contributed by atoms with E-state index in [1.54, 1.807) is 31.2 Å². The van der Waals surface area contributed by atoms with Gasteiger partial charge in [0.25, 0.3) is 5.91 Å². The van der Waals surface area contributed by atoms with Crippen LogP contribution < -0.4 is 16.8 Å². The third kappa shape index (κ3) is 2.92. The highest BCUT2D eigenvalue weighted by atomic mass is 16.2. The molecule has 1 aromatic carbocycles. The Morgan fingerprint density at radius 2 is 2.00 bits per heavy atom. The Labute approximate surface area is 115 Å². The molecule has 2 aromatic rings. The molecule has 0 fully saturated rings. The third-order valence-electron chi connectivity index (χ3n) is 2.76. The minimum absolute atomic E-state index is 0.324. The zero-order chi connectivity index (χ0) is 14.7. The van der Waals surface area contributed by atoms with E-state index in [1.165, 1.54) is 12.3 Å². The van der Waals surface area contributed by atoms with Crippen molar-refractivity contribution in [3.05, 3.63) is 53.3 Å². The molecule has 2 rings (SSSR count). The molecule has 6 nitrogen and oxygen atoms in total. The van der Waals surface area contributed by atoms with E-state index < -0.39 is 5.91 Å². The number of rotatable bonds is 3. The van der Waals surface area contributed by atoms with Crippen molar-refractivity contribution < 1.29 is 9.59 Å². The highest BCUT2D eigenvalue weighted by Crippen LogP contribution is 2.14.